The number of benzene rings is 1. The summed E-state index contributed by atoms with van der Waals surface area (Å²) in [6.07, 6.45) is 2.48. The number of carbonyl (C=O) groups excluding carboxylic acids is 1. The second-order valence-electron chi connectivity index (χ2n) is 4.95. The summed E-state index contributed by atoms with van der Waals surface area (Å²) >= 11 is 0. The molecule has 0 saturated carbocycles. The standard InChI is InChI=1S/C14H17F2NO2/c1-14(2,3)19-13(18)17-8-4-5-10-6-7-11(15)9-12(10)16/h4-7,9H,8H2,1-3H3,(H,17,18). The number of alkyl carbamates (subject to hydrolysis) is 1. The minimum Gasteiger partial charge on any atom is -0.444 e. The maximum atomic E-state index is 13.3. The highest BCUT2D eigenvalue weighted by Gasteiger charge is 2.14. The van der Waals surface area contributed by atoms with Crippen LogP contribution in [0.3, 0.4) is 0 Å². The number of rotatable bonds is 3. The lowest BCUT2D eigenvalue weighted by Crippen LogP contribution is -2.32. The number of hydrogen-bond donors (Lipinski definition) is 1. The van der Waals surface area contributed by atoms with Crippen LogP contribution in [-0.2, 0) is 4.74 Å². The number of halogens is 2. The summed E-state index contributed by atoms with van der Waals surface area (Å²) in [7, 11) is 0. The van der Waals surface area contributed by atoms with Gasteiger partial charge in [-0.25, -0.2) is 13.6 Å². The van der Waals surface area contributed by atoms with Crippen LogP contribution in [0.1, 0.15) is 26.3 Å². The summed E-state index contributed by atoms with van der Waals surface area (Å²) in [5.41, 5.74) is -0.302. The lowest BCUT2D eigenvalue weighted by atomic mass is 10.2. The van der Waals surface area contributed by atoms with Gasteiger partial charge in [0.2, 0.25) is 0 Å². The van der Waals surface area contributed by atoms with Crippen molar-refractivity contribution in [1.29, 1.82) is 0 Å². The predicted octanol–water partition coefficient (Wildman–Crippen LogP) is 3.50. The van der Waals surface area contributed by atoms with E-state index in [1.165, 1.54) is 18.2 Å². The highest BCUT2D eigenvalue weighted by atomic mass is 19.1. The molecule has 0 aromatic heterocycles. The smallest absolute Gasteiger partial charge is 0.407 e. The molecule has 0 bridgehead atoms. The van der Waals surface area contributed by atoms with Crippen molar-refractivity contribution >= 4 is 12.2 Å². The molecule has 1 N–H and O–H groups in total. The molecule has 1 aromatic rings. The van der Waals surface area contributed by atoms with E-state index >= 15 is 0 Å². The normalized spacial score (nSPS) is 11.6. The van der Waals surface area contributed by atoms with Crippen LogP contribution in [0.5, 0.6) is 0 Å². The number of hydrogen-bond acceptors (Lipinski definition) is 2. The summed E-state index contributed by atoms with van der Waals surface area (Å²) in [4.78, 5) is 11.3. The van der Waals surface area contributed by atoms with E-state index in [-0.39, 0.29) is 12.1 Å². The Balaban J connectivity index is 2.44. The average molecular weight is 269 g/mol. The Morgan fingerprint density at radius 1 is 1.37 bits per heavy atom. The fourth-order valence-electron chi connectivity index (χ4n) is 1.28. The zero-order valence-electron chi connectivity index (χ0n) is 11.2. The second-order valence-corrected chi connectivity index (χ2v) is 4.95. The maximum absolute atomic E-state index is 13.3. The Labute approximate surface area is 111 Å². The molecule has 0 radical (unpaired) electrons. The van der Waals surface area contributed by atoms with Crippen LogP contribution in [0.2, 0.25) is 0 Å². The monoisotopic (exact) mass is 269 g/mol. The van der Waals surface area contributed by atoms with Crippen molar-refractivity contribution in [2.75, 3.05) is 6.54 Å². The van der Waals surface area contributed by atoms with Crippen molar-refractivity contribution in [3.05, 3.63) is 41.5 Å². The Hall–Kier alpha value is -1.91. The van der Waals surface area contributed by atoms with E-state index < -0.39 is 23.3 Å². The summed E-state index contributed by atoms with van der Waals surface area (Å²) < 4.78 is 30.9. The van der Waals surface area contributed by atoms with E-state index in [4.69, 9.17) is 4.74 Å². The van der Waals surface area contributed by atoms with Crippen molar-refractivity contribution in [2.45, 2.75) is 26.4 Å². The van der Waals surface area contributed by atoms with Gasteiger partial charge in [-0.15, -0.1) is 0 Å². The molecule has 0 heterocycles. The largest absolute Gasteiger partial charge is 0.444 e. The van der Waals surface area contributed by atoms with Crippen LogP contribution in [0, 0.1) is 11.6 Å². The molecule has 0 unspecified atom stereocenters. The molecule has 0 saturated heterocycles. The maximum Gasteiger partial charge on any atom is 0.407 e. The first-order valence-corrected chi connectivity index (χ1v) is 5.86. The van der Waals surface area contributed by atoms with Crippen molar-refractivity contribution in [3.8, 4) is 0 Å². The molecule has 0 aliphatic rings. The summed E-state index contributed by atoms with van der Waals surface area (Å²) in [5, 5.41) is 2.50. The first-order valence-electron chi connectivity index (χ1n) is 5.86. The Morgan fingerprint density at radius 2 is 2.05 bits per heavy atom. The minimum absolute atomic E-state index is 0.200. The van der Waals surface area contributed by atoms with Gasteiger partial charge in [-0.05, 0) is 32.9 Å². The van der Waals surface area contributed by atoms with Crippen LogP contribution in [-0.4, -0.2) is 18.2 Å². The van der Waals surface area contributed by atoms with Gasteiger partial charge in [0.25, 0.3) is 0 Å². The third-order valence-electron chi connectivity index (χ3n) is 2.02. The fourth-order valence-corrected chi connectivity index (χ4v) is 1.28. The summed E-state index contributed by atoms with van der Waals surface area (Å²) in [6.45, 7) is 5.48. The molecule has 19 heavy (non-hydrogen) atoms. The first kappa shape index (κ1) is 15.1. The Morgan fingerprint density at radius 3 is 2.63 bits per heavy atom. The van der Waals surface area contributed by atoms with E-state index in [1.807, 2.05) is 0 Å². The van der Waals surface area contributed by atoms with Gasteiger partial charge in [0, 0.05) is 18.2 Å². The molecule has 1 aromatic carbocycles. The van der Waals surface area contributed by atoms with Crippen LogP contribution in [0.25, 0.3) is 6.08 Å². The predicted molar refractivity (Wildman–Crippen MR) is 69.6 cm³/mol. The molecule has 0 atom stereocenters. The molecule has 0 spiro atoms. The van der Waals surface area contributed by atoms with Crippen molar-refractivity contribution in [1.82, 2.24) is 5.32 Å². The van der Waals surface area contributed by atoms with Gasteiger partial charge >= 0.3 is 6.09 Å². The molecule has 104 valence electrons. The van der Waals surface area contributed by atoms with Gasteiger partial charge in [0.1, 0.15) is 17.2 Å². The second kappa shape index (κ2) is 6.31. The molecule has 0 aliphatic carbocycles. The van der Waals surface area contributed by atoms with Gasteiger partial charge < -0.3 is 10.1 Å². The minimum atomic E-state index is -0.645. The van der Waals surface area contributed by atoms with E-state index in [0.717, 1.165) is 6.07 Å². The molecule has 5 heteroatoms. The molecule has 3 nitrogen and oxygen atoms in total. The van der Waals surface area contributed by atoms with Gasteiger partial charge in [-0.3, -0.25) is 0 Å². The summed E-state index contributed by atoms with van der Waals surface area (Å²) in [6, 6.07) is 3.31. The zero-order chi connectivity index (χ0) is 14.5. The van der Waals surface area contributed by atoms with Crippen molar-refractivity contribution in [2.24, 2.45) is 0 Å². The van der Waals surface area contributed by atoms with Crippen LogP contribution in [0.4, 0.5) is 13.6 Å². The lowest BCUT2D eigenvalue weighted by Gasteiger charge is -2.19. The van der Waals surface area contributed by atoms with E-state index in [2.05, 4.69) is 5.32 Å². The molecular formula is C14H17F2NO2. The van der Waals surface area contributed by atoms with Crippen LogP contribution < -0.4 is 5.32 Å². The zero-order valence-corrected chi connectivity index (χ0v) is 11.2. The highest BCUT2D eigenvalue weighted by Crippen LogP contribution is 2.11. The van der Waals surface area contributed by atoms with Gasteiger partial charge in [-0.1, -0.05) is 12.2 Å². The quantitative estimate of drug-likeness (QED) is 0.912. The van der Waals surface area contributed by atoms with E-state index in [0.29, 0.717) is 0 Å². The van der Waals surface area contributed by atoms with E-state index in [1.54, 1.807) is 26.8 Å². The van der Waals surface area contributed by atoms with Gasteiger partial charge in [0.05, 0.1) is 0 Å². The summed E-state index contributed by atoms with van der Waals surface area (Å²) in [5.74, 6) is -1.27. The van der Waals surface area contributed by atoms with E-state index in [9.17, 15) is 13.6 Å². The number of ether oxygens (including phenoxy) is 1. The molecule has 0 fully saturated rings. The van der Waals surface area contributed by atoms with Crippen molar-refractivity contribution in [3.63, 3.8) is 0 Å². The van der Waals surface area contributed by atoms with Crippen molar-refractivity contribution < 1.29 is 18.3 Å². The third kappa shape index (κ3) is 5.99. The highest BCUT2D eigenvalue weighted by molar-refractivity contribution is 5.68. The van der Waals surface area contributed by atoms with Crippen LogP contribution in [0.15, 0.2) is 24.3 Å². The third-order valence-corrected chi connectivity index (χ3v) is 2.02. The number of nitrogens with one attached hydrogen (secondary N) is 1. The van der Waals surface area contributed by atoms with Gasteiger partial charge in [-0.2, -0.15) is 0 Å². The topological polar surface area (TPSA) is 38.3 Å². The Bertz CT molecular complexity index is 479. The average Bonchev–Trinajstić information content (AvgIpc) is 2.24. The number of amides is 1. The first-order chi connectivity index (χ1) is 8.78. The fraction of sp³-hybridized carbons (Fsp3) is 0.357. The van der Waals surface area contributed by atoms with Crippen LogP contribution >= 0.6 is 0 Å². The molecular weight excluding hydrogens is 252 g/mol. The molecule has 1 rings (SSSR count). The van der Waals surface area contributed by atoms with Gasteiger partial charge in [0.15, 0.2) is 0 Å². The SMILES string of the molecule is CC(C)(C)OC(=O)NCC=Cc1ccc(F)cc1F. The molecule has 0 aliphatic heterocycles. The lowest BCUT2D eigenvalue weighted by molar-refractivity contribution is 0.0534. The Kier molecular flexibility index (Phi) is 5.03. The number of carbonyl (C=O) groups is 1. The molecule has 1 amide bonds.